The fraction of sp³-hybridized carbons (Fsp3) is 0.273. The Kier molecular flexibility index (Phi) is 5.41. The SMILES string of the molecule is CC(c1c[nH]c2ccc(NC(=S)NC(=O)c3ccccc3)cc12)C1CCCN1. The van der Waals surface area contributed by atoms with E-state index >= 15 is 0 Å². The number of nitrogens with one attached hydrogen (secondary N) is 4. The molecule has 2 unspecified atom stereocenters. The molecule has 1 aliphatic heterocycles. The van der Waals surface area contributed by atoms with Gasteiger partial charge in [-0.15, -0.1) is 0 Å². The summed E-state index contributed by atoms with van der Waals surface area (Å²) in [5.41, 5.74) is 3.84. The minimum Gasteiger partial charge on any atom is -0.361 e. The number of benzene rings is 2. The number of anilines is 1. The Balaban J connectivity index is 1.49. The van der Waals surface area contributed by atoms with Crippen LogP contribution in [0.3, 0.4) is 0 Å². The molecule has 2 aromatic carbocycles. The van der Waals surface area contributed by atoms with Gasteiger partial charge in [-0.2, -0.15) is 0 Å². The molecule has 1 aliphatic rings. The number of carbonyl (C=O) groups excluding carboxylic acids is 1. The van der Waals surface area contributed by atoms with Gasteiger partial charge < -0.3 is 15.6 Å². The number of aromatic nitrogens is 1. The number of hydrogen-bond acceptors (Lipinski definition) is 3. The van der Waals surface area contributed by atoms with E-state index in [9.17, 15) is 4.79 Å². The number of thiocarbonyl (C=S) groups is 1. The molecule has 2 heterocycles. The average molecular weight is 393 g/mol. The topological polar surface area (TPSA) is 69.0 Å². The van der Waals surface area contributed by atoms with E-state index in [1.54, 1.807) is 12.1 Å². The van der Waals surface area contributed by atoms with Crippen molar-refractivity contribution in [1.82, 2.24) is 15.6 Å². The molecule has 6 heteroatoms. The van der Waals surface area contributed by atoms with E-state index in [0.29, 0.717) is 17.5 Å². The van der Waals surface area contributed by atoms with Gasteiger partial charge in [-0.05, 0) is 73.4 Å². The van der Waals surface area contributed by atoms with Gasteiger partial charge in [-0.3, -0.25) is 10.1 Å². The normalized spacial score (nSPS) is 17.4. The zero-order valence-electron chi connectivity index (χ0n) is 15.8. The number of hydrogen-bond donors (Lipinski definition) is 4. The summed E-state index contributed by atoms with van der Waals surface area (Å²) in [6.45, 7) is 3.37. The maximum atomic E-state index is 12.3. The Morgan fingerprint density at radius 2 is 2.04 bits per heavy atom. The number of carbonyl (C=O) groups is 1. The first-order chi connectivity index (χ1) is 13.6. The molecular weight excluding hydrogens is 368 g/mol. The van der Waals surface area contributed by atoms with Crippen molar-refractivity contribution in [3.63, 3.8) is 0 Å². The number of rotatable bonds is 4. The van der Waals surface area contributed by atoms with E-state index in [2.05, 4.69) is 40.1 Å². The van der Waals surface area contributed by atoms with E-state index in [-0.39, 0.29) is 11.0 Å². The smallest absolute Gasteiger partial charge is 0.257 e. The van der Waals surface area contributed by atoms with E-state index < -0.39 is 0 Å². The van der Waals surface area contributed by atoms with Crippen molar-refractivity contribution in [2.45, 2.75) is 31.7 Å². The zero-order valence-corrected chi connectivity index (χ0v) is 16.6. The highest BCUT2D eigenvalue weighted by Gasteiger charge is 2.24. The summed E-state index contributed by atoms with van der Waals surface area (Å²) in [6, 6.07) is 15.7. The van der Waals surface area contributed by atoms with Gasteiger partial charge >= 0.3 is 0 Å². The van der Waals surface area contributed by atoms with E-state index in [1.807, 2.05) is 30.3 Å². The van der Waals surface area contributed by atoms with Gasteiger partial charge in [0, 0.05) is 34.4 Å². The van der Waals surface area contributed by atoms with Crippen LogP contribution in [-0.2, 0) is 0 Å². The quantitative estimate of drug-likeness (QED) is 0.504. The van der Waals surface area contributed by atoms with Gasteiger partial charge in [0.2, 0.25) is 0 Å². The lowest BCUT2D eigenvalue weighted by molar-refractivity contribution is 0.0977. The van der Waals surface area contributed by atoms with Crippen molar-refractivity contribution in [3.05, 3.63) is 65.9 Å². The molecule has 0 aliphatic carbocycles. The first kappa shape index (κ1) is 18.7. The molecule has 3 aromatic rings. The van der Waals surface area contributed by atoms with Crippen LogP contribution in [0.2, 0.25) is 0 Å². The van der Waals surface area contributed by atoms with Crippen molar-refractivity contribution in [2.75, 3.05) is 11.9 Å². The maximum absolute atomic E-state index is 12.3. The van der Waals surface area contributed by atoms with Crippen LogP contribution >= 0.6 is 12.2 Å². The fourth-order valence-corrected chi connectivity index (χ4v) is 4.09. The standard InChI is InChI=1S/C22H24N4OS/c1-14(19-8-5-11-23-19)18-13-24-20-10-9-16(12-17(18)20)25-22(28)26-21(27)15-6-3-2-4-7-15/h2-4,6-7,9-10,12-14,19,23-24H,5,8,11H2,1H3,(H2,25,26,27,28). The van der Waals surface area contributed by atoms with E-state index in [1.165, 1.54) is 23.8 Å². The predicted octanol–water partition coefficient (Wildman–Crippen LogP) is 4.15. The third kappa shape index (κ3) is 3.93. The Morgan fingerprint density at radius 1 is 1.21 bits per heavy atom. The summed E-state index contributed by atoms with van der Waals surface area (Å²) in [5, 5.41) is 10.9. The largest absolute Gasteiger partial charge is 0.361 e. The summed E-state index contributed by atoms with van der Waals surface area (Å²) in [4.78, 5) is 15.6. The van der Waals surface area contributed by atoms with Gasteiger partial charge in [0.1, 0.15) is 0 Å². The Morgan fingerprint density at radius 3 is 2.79 bits per heavy atom. The average Bonchev–Trinajstić information content (AvgIpc) is 3.38. The van der Waals surface area contributed by atoms with Gasteiger partial charge in [-0.1, -0.05) is 25.1 Å². The lowest BCUT2D eigenvalue weighted by Gasteiger charge is -2.19. The van der Waals surface area contributed by atoms with Crippen molar-refractivity contribution in [2.24, 2.45) is 0 Å². The summed E-state index contributed by atoms with van der Waals surface area (Å²) in [5.74, 6) is 0.207. The summed E-state index contributed by atoms with van der Waals surface area (Å²) < 4.78 is 0. The van der Waals surface area contributed by atoms with E-state index in [0.717, 1.165) is 17.7 Å². The molecule has 0 saturated carbocycles. The van der Waals surface area contributed by atoms with Crippen LogP contribution in [0.15, 0.2) is 54.7 Å². The molecule has 1 saturated heterocycles. The third-order valence-electron chi connectivity index (χ3n) is 5.43. The monoisotopic (exact) mass is 392 g/mol. The molecule has 5 nitrogen and oxygen atoms in total. The summed E-state index contributed by atoms with van der Waals surface area (Å²) in [7, 11) is 0. The lowest BCUT2D eigenvalue weighted by Crippen LogP contribution is -2.34. The van der Waals surface area contributed by atoms with Crippen LogP contribution in [0, 0.1) is 0 Å². The number of amides is 1. The van der Waals surface area contributed by atoms with Crippen LogP contribution in [0.5, 0.6) is 0 Å². The molecular formula is C22H24N4OS. The molecule has 0 spiro atoms. The van der Waals surface area contributed by atoms with Crippen molar-refractivity contribution in [3.8, 4) is 0 Å². The van der Waals surface area contributed by atoms with Crippen molar-refractivity contribution < 1.29 is 4.79 Å². The summed E-state index contributed by atoms with van der Waals surface area (Å²) >= 11 is 5.33. The Labute approximate surface area is 169 Å². The highest BCUT2D eigenvalue weighted by atomic mass is 32.1. The molecule has 2 atom stereocenters. The highest BCUT2D eigenvalue weighted by Crippen LogP contribution is 2.32. The first-order valence-corrected chi connectivity index (χ1v) is 10.0. The van der Waals surface area contributed by atoms with Gasteiger partial charge in [0.15, 0.2) is 5.11 Å². The van der Waals surface area contributed by atoms with E-state index in [4.69, 9.17) is 12.2 Å². The molecule has 144 valence electrons. The molecule has 4 rings (SSSR count). The number of H-pyrrole nitrogens is 1. The lowest BCUT2D eigenvalue weighted by atomic mass is 9.92. The zero-order chi connectivity index (χ0) is 19.5. The second-order valence-corrected chi connectivity index (χ2v) is 7.68. The summed E-state index contributed by atoms with van der Waals surface area (Å²) in [6.07, 6.45) is 4.55. The number of fused-ring (bicyclic) bond motifs is 1. The molecule has 1 aromatic heterocycles. The Hall–Kier alpha value is -2.70. The van der Waals surface area contributed by atoms with Crippen LogP contribution in [0.4, 0.5) is 5.69 Å². The molecule has 28 heavy (non-hydrogen) atoms. The van der Waals surface area contributed by atoms with Crippen LogP contribution in [0.25, 0.3) is 10.9 Å². The highest BCUT2D eigenvalue weighted by molar-refractivity contribution is 7.80. The molecule has 0 radical (unpaired) electrons. The molecule has 4 N–H and O–H groups in total. The fourth-order valence-electron chi connectivity index (χ4n) is 3.88. The van der Waals surface area contributed by atoms with Crippen LogP contribution in [0.1, 0.15) is 41.6 Å². The second kappa shape index (κ2) is 8.12. The maximum Gasteiger partial charge on any atom is 0.257 e. The number of aromatic amines is 1. The van der Waals surface area contributed by atoms with Crippen molar-refractivity contribution >= 4 is 39.8 Å². The molecule has 1 fully saturated rings. The van der Waals surface area contributed by atoms with Crippen LogP contribution < -0.4 is 16.0 Å². The second-order valence-electron chi connectivity index (χ2n) is 7.27. The predicted molar refractivity (Wildman–Crippen MR) is 118 cm³/mol. The molecule has 1 amide bonds. The van der Waals surface area contributed by atoms with Crippen LogP contribution in [-0.4, -0.2) is 28.6 Å². The minimum absolute atomic E-state index is 0.220. The first-order valence-electron chi connectivity index (χ1n) is 9.63. The Bertz CT molecular complexity index is 992. The molecule has 0 bridgehead atoms. The van der Waals surface area contributed by atoms with Gasteiger partial charge in [-0.25, -0.2) is 0 Å². The third-order valence-corrected chi connectivity index (χ3v) is 5.63. The van der Waals surface area contributed by atoms with Gasteiger partial charge in [0.25, 0.3) is 5.91 Å². The van der Waals surface area contributed by atoms with Gasteiger partial charge in [0.05, 0.1) is 0 Å². The van der Waals surface area contributed by atoms with Crippen molar-refractivity contribution in [1.29, 1.82) is 0 Å². The minimum atomic E-state index is -0.220.